The van der Waals surface area contributed by atoms with Crippen LogP contribution in [0.4, 0.5) is 0 Å². The van der Waals surface area contributed by atoms with Crippen molar-refractivity contribution in [3.63, 3.8) is 0 Å². The molecule has 0 atom stereocenters. The summed E-state index contributed by atoms with van der Waals surface area (Å²) < 4.78 is 1.05. The van der Waals surface area contributed by atoms with E-state index >= 15 is 0 Å². The number of carbonyl (C=O) groups is 1. The van der Waals surface area contributed by atoms with Crippen molar-refractivity contribution in [1.82, 2.24) is 0 Å². The Hall–Kier alpha value is -1.16. The van der Waals surface area contributed by atoms with Crippen LogP contribution in [0.5, 0.6) is 0 Å². The van der Waals surface area contributed by atoms with Crippen LogP contribution < -0.4 is 0 Å². The molecule has 0 bridgehead atoms. The fourth-order valence-electron chi connectivity index (χ4n) is 2.33. The lowest BCUT2D eigenvalue weighted by Gasteiger charge is -2.11. The fraction of sp³-hybridized carbons (Fsp3) is 0.278. The minimum absolute atomic E-state index is 0.144. The van der Waals surface area contributed by atoms with E-state index in [9.17, 15) is 4.79 Å². The molecule has 0 aliphatic heterocycles. The van der Waals surface area contributed by atoms with Gasteiger partial charge in [0.25, 0.3) is 0 Å². The van der Waals surface area contributed by atoms with Gasteiger partial charge in [0.1, 0.15) is 0 Å². The molecule has 0 fully saturated rings. The first kappa shape index (κ1) is 15.2. The summed E-state index contributed by atoms with van der Waals surface area (Å²) in [6.07, 6.45) is 1.84. The van der Waals surface area contributed by atoms with Crippen LogP contribution in [0.25, 0.3) is 0 Å². The molecule has 0 radical (unpaired) electrons. The molecular formula is C18H19IO. The van der Waals surface area contributed by atoms with Crippen LogP contribution >= 0.6 is 22.6 Å². The van der Waals surface area contributed by atoms with E-state index in [1.807, 2.05) is 25.1 Å². The molecule has 2 aromatic rings. The fourth-order valence-corrected chi connectivity index (χ4v) is 2.94. The van der Waals surface area contributed by atoms with Crippen LogP contribution in [-0.2, 0) is 12.8 Å². The van der Waals surface area contributed by atoms with Gasteiger partial charge in [0.2, 0.25) is 0 Å². The molecule has 20 heavy (non-hydrogen) atoms. The first-order chi connectivity index (χ1) is 9.58. The van der Waals surface area contributed by atoms with Crippen molar-refractivity contribution in [2.75, 3.05) is 0 Å². The number of hydrogen-bond acceptors (Lipinski definition) is 1. The standard InChI is InChI=1S/C18H19IO/c1-4-13-9-10-14(5-2)16(11-13)18(20)15-8-6-7-12(3)17(15)19/h6-11H,4-5H2,1-3H3. The Morgan fingerprint density at radius 1 is 1.05 bits per heavy atom. The van der Waals surface area contributed by atoms with Gasteiger partial charge in [-0.05, 0) is 71.2 Å². The molecule has 104 valence electrons. The average molecular weight is 378 g/mol. The zero-order chi connectivity index (χ0) is 14.7. The number of rotatable bonds is 4. The van der Waals surface area contributed by atoms with Crippen LogP contribution in [0.2, 0.25) is 0 Å². The quantitative estimate of drug-likeness (QED) is 0.543. The van der Waals surface area contributed by atoms with Crippen molar-refractivity contribution >= 4 is 28.4 Å². The van der Waals surface area contributed by atoms with Gasteiger partial charge in [0, 0.05) is 14.7 Å². The summed E-state index contributed by atoms with van der Waals surface area (Å²) in [5, 5.41) is 0. The van der Waals surface area contributed by atoms with Crippen LogP contribution in [0.1, 0.15) is 46.5 Å². The van der Waals surface area contributed by atoms with Crippen LogP contribution in [-0.4, -0.2) is 5.78 Å². The molecule has 0 unspecified atom stereocenters. The van der Waals surface area contributed by atoms with E-state index in [1.165, 1.54) is 5.56 Å². The third-order valence-corrected chi connectivity index (χ3v) is 5.08. The average Bonchev–Trinajstić information content (AvgIpc) is 2.48. The monoisotopic (exact) mass is 378 g/mol. The molecule has 2 rings (SSSR count). The lowest BCUT2D eigenvalue weighted by atomic mass is 9.94. The molecule has 1 nitrogen and oxygen atoms in total. The number of hydrogen-bond donors (Lipinski definition) is 0. The Morgan fingerprint density at radius 2 is 1.80 bits per heavy atom. The Kier molecular flexibility index (Phi) is 4.97. The summed E-state index contributed by atoms with van der Waals surface area (Å²) in [6.45, 7) is 6.26. The predicted molar refractivity (Wildman–Crippen MR) is 92.5 cm³/mol. The third-order valence-electron chi connectivity index (χ3n) is 3.64. The normalized spacial score (nSPS) is 10.6. The Balaban J connectivity index is 2.55. The van der Waals surface area contributed by atoms with E-state index in [1.54, 1.807) is 0 Å². The maximum atomic E-state index is 12.9. The van der Waals surface area contributed by atoms with Crippen LogP contribution in [0.3, 0.4) is 0 Å². The second kappa shape index (κ2) is 6.53. The van der Waals surface area contributed by atoms with E-state index in [-0.39, 0.29) is 5.78 Å². The van der Waals surface area contributed by atoms with E-state index in [0.29, 0.717) is 0 Å². The first-order valence-corrected chi connectivity index (χ1v) is 8.08. The van der Waals surface area contributed by atoms with Gasteiger partial charge in [-0.3, -0.25) is 4.79 Å². The summed E-state index contributed by atoms with van der Waals surface area (Å²) in [5.41, 5.74) is 5.17. The summed E-state index contributed by atoms with van der Waals surface area (Å²) >= 11 is 2.27. The number of halogens is 1. The maximum absolute atomic E-state index is 12.9. The molecule has 0 amide bonds. The van der Waals surface area contributed by atoms with Crippen LogP contribution in [0.15, 0.2) is 36.4 Å². The van der Waals surface area contributed by atoms with Gasteiger partial charge in [-0.25, -0.2) is 0 Å². The minimum Gasteiger partial charge on any atom is -0.289 e. The SMILES string of the molecule is CCc1ccc(CC)c(C(=O)c2cccc(C)c2I)c1. The van der Waals surface area contributed by atoms with Crippen molar-refractivity contribution in [2.24, 2.45) is 0 Å². The van der Waals surface area contributed by atoms with E-state index in [2.05, 4.69) is 54.6 Å². The second-order valence-electron chi connectivity index (χ2n) is 4.96. The summed E-state index contributed by atoms with van der Waals surface area (Å²) in [7, 11) is 0. The summed E-state index contributed by atoms with van der Waals surface area (Å²) in [5.74, 6) is 0.144. The van der Waals surface area contributed by atoms with E-state index in [0.717, 1.165) is 38.7 Å². The van der Waals surface area contributed by atoms with E-state index < -0.39 is 0 Å². The lowest BCUT2D eigenvalue weighted by molar-refractivity contribution is 0.103. The smallest absolute Gasteiger partial charge is 0.194 e. The number of carbonyl (C=O) groups excluding carboxylic acids is 1. The number of aryl methyl sites for hydroxylation is 3. The first-order valence-electron chi connectivity index (χ1n) is 7.00. The molecule has 2 heteroatoms. The zero-order valence-electron chi connectivity index (χ0n) is 12.2. The maximum Gasteiger partial charge on any atom is 0.194 e. The highest BCUT2D eigenvalue weighted by Gasteiger charge is 2.16. The molecule has 0 aromatic heterocycles. The molecule has 0 N–H and O–H groups in total. The van der Waals surface area contributed by atoms with Crippen molar-refractivity contribution in [3.05, 3.63) is 67.8 Å². The van der Waals surface area contributed by atoms with E-state index in [4.69, 9.17) is 0 Å². The van der Waals surface area contributed by atoms with Gasteiger partial charge in [-0.2, -0.15) is 0 Å². The Morgan fingerprint density at radius 3 is 2.45 bits per heavy atom. The summed E-state index contributed by atoms with van der Waals surface area (Å²) in [4.78, 5) is 12.9. The minimum atomic E-state index is 0.144. The molecule has 0 aliphatic rings. The highest BCUT2D eigenvalue weighted by Crippen LogP contribution is 2.23. The van der Waals surface area contributed by atoms with Crippen molar-refractivity contribution in [3.8, 4) is 0 Å². The highest BCUT2D eigenvalue weighted by atomic mass is 127. The van der Waals surface area contributed by atoms with Gasteiger partial charge in [0.05, 0.1) is 0 Å². The Bertz CT molecular complexity index is 644. The van der Waals surface area contributed by atoms with Crippen molar-refractivity contribution < 1.29 is 4.79 Å². The highest BCUT2D eigenvalue weighted by molar-refractivity contribution is 14.1. The number of ketones is 1. The largest absolute Gasteiger partial charge is 0.289 e. The molecule has 0 aliphatic carbocycles. The summed E-state index contributed by atoms with van der Waals surface area (Å²) in [6, 6.07) is 12.2. The topological polar surface area (TPSA) is 17.1 Å². The molecular weight excluding hydrogens is 359 g/mol. The molecule has 0 spiro atoms. The van der Waals surface area contributed by atoms with Crippen LogP contribution in [0, 0.1) is 10.5 Å². The predicted octanol–water partition coefficient (Wildman–Crippen LogP) is 4.96. The lowest BCUT2D eigenvalue weighted by Crippen LogP contribution is -2.08. The molecule has 2 aromatic carbocycles. The Labute approximate surface area is 134 Å². The molecule has 0 saturated carbocycles. The number of benzene rings is 2. The molecule has 0 heterocycles. The van der Waals surface area contributed by atoms with Gasteiger partial charge in [-0.1, -0.05) is 38.1 Å². The zero-order valence-corrected chi connectivity index (χ0v) is 14.3. The third kappa shape index (κ3) is 2.95. The van der Waals surface area contributed by atoms with Gasteiger partial charge < -0.3 is 0 Å². The van der Waals surface area contributed by atoms with Crippen molar-refractivity contribution in [2.45, 2.75) is 33.6 Å². The van der Waals surface area contributed by atoms with Crippen molar-refractivity contribution in [1.29, 1.82) is 0 Å². The molecule has 0 saturated heterocycles. The second-order valence-corrected chi connectivity index (χ2v) is 6.04. The van der Waals surface area contributed by atoms with Gasteiger partial charge in [-0.15, -0.1) is 0 Å². The van der Waals surface area contributed by atoms with Gasteiger partial charge in [0.15, 0.2) is 5.78 Å². The van der Waals surface area contributed by atoms with Gasteiger partial charge >= 0.3 is 0 Å².